The average molecular weight is 242 g/mol. The zero-order valence-electron chi connectivity index (χ0n) is 11.3. The van der Waals surface area contributed by atoms with Crippen molar-refractivity contribution in [1.82, 2.24) is 5.32 Å². The molecule has 1 aliphatic carbocycles. The molecule has 2 heteroatoms. The van der Waals surface area contributed by atoms with Gasteiger partial charge < -0.3 is 5.32 Å². The van der Waals surface area contributed by atoms with Crippen LogP contribution in [0.1, 0.15) is 44.2 Å². The molecule has 1 fully saturated rings. The van der Waals surface area contributed by atoms with Crippen LogP contribution in [-0.2, 0) is 6.54 Å². The number of rotatable bonds is 3. The Morgan fingerprint density at radius 1 is 1.33 bits per heavy atom. The van der Waals surface area contributed by atoms with Crippen molar-refractivity contribution in [1.29, 1.82) is 5.26 Å². The summed E-state index contributed by atoms with van der Waals surface area (Å²) < 4.78 is 0. The lowest BCUT2D eigenvalue weighted by molar-refractivity contribution is 0.227. The molecule has 1 N–H and O–H groups in total. The van der Waals surface area contributed by atoms with E-state index in [1.54, 1.807) is 0 Å². The highest BCUT2D eigenvalue weighted by Gasteiger charge is 2.24. The second-order valence-corrected chi connectivity index (χ2v) is 5.70. The fourth-order valence-corrected chi connectivity index (χ4v) is 2.82. The van der Waals surface area contributed by atoms with Gasteiger partial charge in [-0.3, -0.25) is 0 Å². The monoisotopic (exact) mass is 242 g/mol. The van der Waals surface area contributed by atoms with E-state index in [2.05, 4.69) is 31.3 Å². The van der Waals surface area contributed by atoms with E-state index in [0.717, 1.165) is 23.9 Å². The third-order valence-electron chi connectivity index (χ3n) is 4.08. The van der Waals surface area contributed by atoms with Gasteiger partial charge >= 0.3 is 0 Å². The number of nitrogens with zero attached hydrogens (tertiary/aromatic N) is 1. The Bertz CT molecular complexity index is 433. The van der Waals surface area contributed by atoms with Gasteiger partial charge in [-0.1, -0.05) is 32.4 Å². The third kappa shape index (κ3) is 3.34. The van der Waals surface area contributed by atoms with Gasteiger partial charge in [0, 0.05) is 12.6 Å². The van der Waals surface area contributed by atoms with Crippen LogP contribution in [0.2, 0.25) is 0 Å². The van der Waals surface area contributed by atoms with Gasteiger partial charge in [0.2, 0.25) is 0 Å². The van der Waals surface area contributed by atoms with E-state index in [-0.39, 0.29) is 0 Å². The molecule has 0 spiro atoms. The summed E-state index contributed by atoms with van der Waals surface area (Å²) in [4.78, 5) is 0. The van der Waals surface area contributed by atoms with Crippen LogP contribution in [0.3, 0.4) is 0 Å². The lowest BCUT2D eigenvalue weighted by Gasteiger charge is -2.33. The van der Waals surface area contributed by atoms with Crippen molar-refractivity contribution in [3.8, 4) is 6.07 Å². The smallest absolute Gasteiger partial charge is 0.0991 e. The SMILES string of the molecule is CC1CCC(C)C(NCc2cccc(C#N)c2)C1. The van der Waals surface area contributed by atoms with Gasteiger partial charge in [-0.05, 0) is 42.4 Å². The minimum absolute atomic E-state index is 0.625. The molecule has 1 aromatic carbocycles. The van der Waals surface area contributed by atoms with Crippen LogP contribution in [0.25, 0.3) is 0 Å². The van der Waals surface area contributed by atoms with Crippen LogP contribution in [0.5, 0.6) is 0 Å². The molecule has 0 aromatic heterocycles. The molecule has 1 saturated carbocycles. The largest absolute Gasteiger partial charge is 0.310 e. The summed E-state index contributed by atoms with van der Waals surface area (Å²) in [5, 5.41) is 12.5. The molecule has 96 valence electrons. The lowest BCUT2D eigenvalue weighted by atomic mass is 9.80. The second-order valence-electron chi connectivity index (χ2n) is 5.70. The molecule has 0 saturated heterocycles. The maximum atomic E-state index is 8.89. The van der Waals surface area contributed by atoms with Gasteiger partial charge in [0.1, 0.15) is 0 Å². The Balaban J connectivity index is 1.92. The van der Waals surface area contributed by atoms with Crippen molar-refractivity contribution in [2.45, 2.75) is 45.7 Å². The van der Waals surface area contributed by atoms with Crippen LogP contribution >= 0.6 is 0 Å². The minimum atomic E-state index is 0.625. The first-order chi connectivity index (χ1) is 8.69. The van der Waals surface area contributed by atoms with Crippen molar-refractivity contribution in [2.75, 3.05) is 0 Å². The average Bonchev–Trinajstić information content (AvgIpc) is 2.40. The predicted octanol–water partition coefficient (Wildman–Crippen LogP) is 3.47. The van der Waals surface area contributed by atoms with Gasteiger partial charge in [0.05, 0.1) is 11.6 Å². The van der Waals surface area contributed by atoms with Crippen molar-refractivity contribution in [3.63, 3.8) is 0 Å². The van der Waals surface area contributed by atoms with E-state index >= 15 is 0 Å². The second kappa shape index (κ2) is 6.02. The number of nitriles is 1. The molecule has 1 aromatic rings. The Hall–Kier alpha value is -1.33. The Labute approximate surface area is 110 Å². The third-order valence-corrected chi connectivity index (χ3v) is 4.08. The first-order valence-corrected chi connectivity index (χ1v) is 6.91. The summed E-state index contributed by atoms with van der Waals surface area (Å²) in [6.07, 6.45) is 3.97. The highest BCUT2D eigenvalue weighted by atomic mass is 14.9. The first kappa shape index (κ1) is 13.1. The van der Waals surface area contributed by atoms with Gasteiger partial charge in [0.25, 0.3) is 0 Å². The maximum absolute atomic E-state index is 8.89. The van der Waals surface area contributed by atoms with Crippen molar-refractivity contribution in [3.05, 3.63) is 35.4 Å². The van der Waals surface area contributed by atoms with E-state index in [1.807, 2.05) is 18.2 Å². The molecule has 0 heterocycles. The summed E-state index contributed by atoms with van der Waals surface area (Å²) >= 11 is 0. The van der Waals surface area contributed by atoms with Crippen molar-refractivity contribution in [2.24, 2.45) is 11.8 Å². The molecule has 2 nitrogen and oxygen atoms in total. The number of nitrogens with one attached hydrogen (secondary N) is 1. The van der Waals surface area contributed by atoms with E-state index in [4.69, 9.17) is 5.26 Å². The summed E-state index contributed by atoms with van der Waals surface area (Å²) in [7, 11) is 0. The molecule has 1 aliphatic rings. The molecule has 2 rings (SSSR count). The van der Waals surface area contributed by atoms with Gasteiger partial charge in [-0.25, -0.2) is 0 Å². The molecule has 0 bridgehead atoms. The Morgan fingerprint density at radius 2 is 2.17 bits per heavy atom. The number of benzene rings is 1. The van der Waals surface area contributed by atoms with Crippen molar-refractivity contribution < 1.29 is 0 Å². The Kier molecular flexibility index (Phi) is 4.38. The quantitative estimate of drug-likeness (QED) is 0.881. The number of hydrogen-bond acceptors (Lipinski definition) is 2. The lowest BCUT2D eigenvalue weighted by Crippen LogP contribution is -2.39. The van der Waals surface area contributed by atoms with Crippen molar-refractivity contribution >= 4 is 0 Å². The van der Waals surface area contributed by atoms with E-state index in [0.29, 0.717) is 6.04 Å². The normalized spacial score (nSPS) is 27.7. The molecular weight excluding hydrogens is 220 g/mol. The zero-order chi connectivity index (χ0) is 13.0. The summed E-state index contributed by atoms with van der Waals surface area (Å²) in [6, 6.07) is 10.7. The molecule has 0 radical (unpaired) electrons. The maximum Gasteiger partial charge on any atom is 0.0991 e. The zero-order valence-corrected chi connectivity index (χ0v) is 11.3. The molecule has 3 atom stereocenters. The topological polar surface area (TPSA) is 35.8 Å². The highest BCUT2D eigenvalue weighted by molar-refractivity contribution is 5.32. The predicted molar refractivity (Wildman–Crippen MR) is 74.0 cm³/mol. The van der Waals surface area contributed by atoms with Gasteiger partial charge in [-0.15, -0.1) is 0 Å². The van der Waals surface area contributed by atoms with Gasteiger partial charge in [0.15, 0.2) is 0 Å². The molecule has 3 unspecified atom stereocenters. The molecule has 0 aliphatic heterocycles. The molecule has 18 heavy (non-hydrogen) atoms. The van der Waals surface area contributed by atoms with Gasteiger partial charge in [-0.2, -0.15) is 5.26 Å². The van der Waals surface area contributed by atoms with E-state index in [9.17, 15) is 0 Å². The summed E-state index contributed by atoms with van der Waals surface area (Å²) in [5.74, 6) is 1.60. The fourth-order valence-electron chi connectivity index (χ4n) is 2.82. The molecular formula is C16H22N2. The van der Waals surface area contributed by atoms with E-state index in [1.165, 1.54) is 24.8 Å². The fraction of sp³-hybridized carbons (Fsp3) is 0.562. The van der Waals surface area contributed by atoms with Crippen LogP contribution < -0.4 is 5.32 Å². The number of hydrogen-bond donors (Lipinski definition) is 1. The standard InChI is InChI=1S/C16H22N2/c1-12-6-7-13(2)16(8-12)18-11-15-5-3-4-14(9-15)10-17/h3-5,9,12-13,16,18H,6-8,11H2,1-2H3. The highest BCUT2D eigenvalue weighted by Crippen LogP contribution is 2.28. The van der Waals surface area contributed by atoms with E-state index < -0.39 is 0 Å². The molecule has 0 amide bonds. The van der Waals surface area contributed by atoms with Crippen LogP contribution in [0.15, 0.2) is 24.3 Å². The minimum Gasteiger partial charge on any atom is -0.310 e. The first-order valence-electron chi connectivity index (χ1n) is 6.91. The van der Waals surface area contributed by atoms with Crippen LogP contribution in [-0.4, -0.2) is 6.04 Å². The summed E-state index contributed by atoms with van der Waals surface area (Å²) in [5.41, 5.74) is 1.96. The summed E-state index contributed by atoms with van der Waals surface area (Å²) in [6.45, 7) is 5.56. The van der Waals surface area contributed by atoms with Crippen LogP contribution in [0, 0.1) is 23.2 Å². The Morgan fingerprint density at radius 3 is 2.94 bits per heavy atom. The van der Waals surface area contributed by atoms with Crippen LogP contribution in [0.4, 0.5) is 0 Å².